The van der Waals surface area contributed by atoms with Crippen molar-refractivity contribution in [3.8, 4) is 11.5 Å². The van der Waals surface area contributed by atoms with Gasteiger partial charge in [-0.15, -0.1) is 0 Å². The summed E-state index contributed by atoms with van der Waals surface area (Å²) in [5.41, 5.74) is 0.953. The predicted octanol–water partition coefficient (Wildman–Crippen LogP) is 4.23. The lowest BCUT2D eigenvalue weighted by molar-refractivity contribution is 0.101. The van der Waals surface area contributed by atoms with Crippen LogP contribution in [-0.2, 0) is 0 Å². The van der Waals surface area contributed by atoms with Crippen molar-refractivity contribution in [3.05, 3.63) is 66.2 Å². The molecule has 0 unspecified atom stereocenters. The van der Waals surface area contributed by atoms with Crippen LogP contribution >= 0.6 is 0 Å². The maximum Gasteiger partial charge on any atom is 0.229 e. The van der Waals surface area contributed by atoms with E-state index in [1.165, 1.54) is 6.20 Å². The summed E-state index contributed by atoms with van der Waals surface area (Å²) in [4.78, 5) is 16.7. The van der Waals surface area contributed by atoms with E-state index in [1.807, 2.05) is 24.3 Å². The second-order valence-electron chi connectivity index (χ2n) is 5.54. The summed E-state index contributed by atoms with van der Waals surface area (Å²) in [6, 6.07) is 12.8. The number of carbonyl (C=O) groups is 1. The molecule has 25 heavy (non-hydrogen) atoms. The Morgan fingerprint density at radius 2 is 1.68 bits per heavy atom. The Balaban J connectivity index is 2.02. The van der Waals surface area contributed by atoms with Crippen LogP contribution in [0.1, 0.15) is 16.1 Å². The fourth-order valence-electron chi connectivity index (χ4n) is 3.05. The summed E-state index contributed by atoms with van der Waals surface area (Å²) < 4.78 is 17.0. The molecule has 0 radical (unpaired) electrons. The Labute approximate surface area is 143 Å². The van der Waals surface area contributed by atoms with Gasteiger partial charge in [0.2, 0.25) is 5.78 Å². The Morgan fingerprint density at radius 1 is 0.960 bits per heavy atom. The van der Waals surface area contributed by atoms with E-state index < -0.39 is 0 Å². The van der Waals surface area contributed by atoms with Crippen LogP contribution in [0.2, 0.25) is 0 Å². The third-order valence-corrected chi connectivity index (χ3v) is 4.16. The molecule has 0 bridgehead atoms. The molecule has 2 aromatic carbocycles. The smallest absolute Gasteiger partial charge is 0.229 e. The van der Waals surface area contributed by atoms with E-state index in [0.29, 0.717) is 28.0 Å². The molecule has 0 atom stereocenters. The largest absolute Gasteiger partial charge is 0.495 e. The molecule has 0 spiro atoms. The highest BCUT2D eigenvalue weighted by Crippen LogP contribution is 2.44. The molecule has 0 N–H and O–H groups in total. The van der Waals surface area contributed by atoms with Crippen LogP contribution in [0.3, 0.4) is 0 Å². The van der Waals surface area contributed by atoms with E-state index in [0.717, 1.165) is 10.8 Å². The topological polar surface area (TPSA) is 61.6 Å². The lowest BCUT2D eigenvalue weighted by Crippen LogP contribution is -1.99. The Bertz CT molecular complexity index is 1020. The highest BCUT2D eigenvalue weighted by atomic mass is 16.5. The van der Waals surface area contributed by atoms with E-state index >= 15 is 0 Å². The zero-order valence-corrected chi connectivity index (χ0v) is 13.8. The number of nitrogens with zero attached hydrogens (tertiary/aromatic N) is 1. The Hall–Kier alpha value is -3.34. The summed E-state index contributed by atoms with van der Waals surface area (Å²) in [6.07, 6.45) is 3.13. The first-order valence-corrected chi connectivity index (χ1v) is 7.75. The second kappa shape index (κ2) is 5.94. The molecule has 0 aliphatic rings. The normalized spacial score (nSPS) is 11.0. The number of furan rings is 1. The number of fused-ring (bicyclic) bond motifs is 2. The van der Waals surface area contributed by atoms with Crippen molar-refractivity contribution in [2.75, 3.05) is 14.2 Å². The number of hydrogen-bond donors (Lipinski definition) is 0. The molecule has 124 valence electrons. The van der Waals surface area contributed by atoms with Crippen LogP contribution < -0.4 is 9.47 Å². The summed E-state index contributed by atoms with van der Waals surface area (Å²) >= 11 is 0. The van der Waals surface area contributed by atoms with E-state index in [4.69, 9.17) is 13.9 Å². The first-order valence-electron chi connectivity index (χ1n) is 7.75. The molecule has 0 saturated heterocycles. The van der Waals surface area contributed by atoms with Gasteiger partial charge in [0.1, 0.15) is 5.75 Å². The van der Waals surface area contributed by atoms with E-state index in [-0.39, 0.29) is 11.5 Å². The van der Waals surface area contributed by atoms with Gasteiger partial charge in [-0.05, 0) is 18.2 Å². The minimum absolute atomic E-state index is 0.218. The van der Waals surface area contributed by atoms with Crippen LogP contribution in [-0.4, -0.2) is 25.0 Å². The Kier molecular flexibility index (Phi) is 3.61. The molecular weight excluding hydrogens is 318 g/mol. The van der Waals surface area contributed by atoms with Gasteiger partial charge in [-0.1, -0.05) is 24.3 Å². The van der Waals surface area contributed by atoms with Crippen molar-refractivity contribution >= 4 is 27.5 Å². The van der Waals surface area contributed by atoms with E-state index in [2.05, 4.69) is 4.98 Å². The summed E-state index contributed by atoms with van der Waals surface area (Å²) in [5.74, 6) is 1.21. The molecule has 0 amide bonds. The summed E-state index contributed by atoms with van der Waals surface area (Å²) in [6.45, 7) is 0. The van der Waals surface area contributed by atoms with Crippen molar-refractivity contribution < 1.29 is 18.7 Å². The molecular formula is C20H15NO4. The third kappa shape index (κ3) is 2.32. The Morgan fingerprint density at radius 3 is 2.32 bits per heavy atom. The lowest BCUT2D eigenvalue weighted by atomic mass is 10.0. The van der Waals surface area contributed by atoms with Gasteiger partial charge in [0.05, 0.1) is 19.6 Å². The number of ether oxygens (including phenoxy) is 2. The molecule has 0 aliphatic heterocycles. The minimum atomic E-state index is -0.238. The SMILES string of the molecule is COc1c2ccccc2c(OC)c2oc(C(=O)c3cccnc3)cc12. The number of rotatable bonds is 4. The number of carbonyl (C=O) groups excluding carboxylic acids is 1. The molecule has 0 aliphatic carbocycles. The lowest BCUT2D eigenvalue weighted by Gasteiger charge is -2.10. The second-order valence-corrected chi connectivity index (χ2v) is 5.54. The monoisotopic (exact) mass is 333 g/mol. The molecule has 0 fully saturated rings. The van der Waals surface area contributed by atoms with Gasteiger partial charge in [0.25, 0.3) is 0 Å². The van der Waals surface area contributed by atoms with Crippen LogP contribution in [0.5, 0.6) is 11.5 Å². The van der Waals surface area contributed by atoms with Gasteiger partial charge in [-0.3, -0.25) is 9.78 Å². The molecule has 5 heteroatoms. The quantitative estimate of drug-likeness (QED) is 0.523. The fourth-order valence-corrected chi connectivity index (χ4v) is 3.05. The molecule has 4 aromatic rings. The van der Waals surface area contributed by atoms with Gasteiger partial charge >= 0.3 is 0 Å². The number of pyridine rings is 1. The van der Waals surface area contributed by atoms with Crippen molar-refractivity contribution in [2.24, 2.45) is 0 Å². The number of hydrogen-bond acceptors (Lipinski definition) is 5. The number of benzene rings is 2. The number of ketones is 1. The van der Waals surface area contributed by atoms with Crippen LogP contribution in [0, 0.1) is 0 Å². The maximum absolute atomic E-state index is 12.7. The van der Waals surface area contributed by atoms with Gasteiger partial charge in [0, 0.05) is 28.7 Å². The van der Waals surface area contributed by atoms with Crippen LogP contribution in [0.25, 0.3) is 21.7 Å². The molecule has 2 heterocycles. The molecule has 2 aromatic heterocycles. The standard InChI is InChI=1S/C20H15NO4/c1-23-18-13-7-3-4-8-14(13)19(24-2)20-15(18)10-16(25-20)17(22)12-6-5-9-21-11-12/h3-11H,1-2H3. The van der Waals surface area contributed by atoms with Gasteiger partial charge in [-0.25, -0.2) is 0 Å². The zero-order valence-electron chi connectivity index (χ0n) is 13.8. The molecule has 4 rings (SSSR count). The van der Waals surface area contributed by atoms with Crippen LogP contribution in [0.15, 0.2) is 59.3 Å². The zero-order chi connectivity index (χ0) is 17.4. The predicted molar refractivity (Wildman–Crippen MR) is 94.5 cm³/mol. The van der Waals surface area contributed by atoms with E-state index in [1.54, 1.807) is 38.6 Å². The van der Waals surface area contributed by atoms with Crippen molar-refractivity contribution in [3.63, 3.8) is 0 Å². The first-order chi connectivity index (χ1) is 12.2. The van der Waals surface area contributed by atoms with Gasteiger partial charge < -0.3 is 13.9 Å². The fraction of sp³-hybridized carbons (Fsp3) is 0.100. The average Bonchev–Trinajstić information content (AvgIpc) is 3.10. The highest BCUT2D eigenvalue weighted by molar-refractivity contribution is 6.14. The molecule has 0 saturated carbocycles. The first kappa shape index (κ1) is 15.2. The van der Waals surface area contributed by atoms with Crippen LogP contribution in [0.4, 0.5) is 0 Å². The third-order valence-electron chi connectivity index (χ3n) is 4.16. The van der Waals surface area contributed by atoms with Gasteiger partial charge in [-0.2, -0.15) is 0 Å². The summed E-state index contributed by atoms with van der Waals surface area (Å²) in [7, 11) is 3.18. The minimum Gasteiger partial charge on any atom is -0.495 e. The van der Waals surface area contributed by atoms with Gasteiger partial charge in [0.15, 0.2) is 17.1 Å². The maximum atomic E-state index is 12.7. The number of aromatic nitrogens is 1. The number of methoxy groups -OCH3 is 2. The van der Waals surface area contributed by atoms with Crippen molar-refractivity contribution in [1.29, 1.82) is 0 Å². The average molecular weight is 333 g/mol. The molecule has 5 nitrogen and oxygen atoms in total. The van der Waals surface area contributed by atoms with Crippen molar-refractivity contribution in [1.82, 2.24) is 4.98 Å². The highest BCUT2D eigenvalue weighted by Gasteiger charge is 2.22. The van der Waals surface area contributed by atoms with Crippen molar-refractivity contribution in [2.45, 2.75) is 0 Å². The van der Waals surface area contributed by atoms with E-state index in [9.17, 15) is 4.79 Å². The summed E-state index contributed by atoms with van der Waals surface area (Å²) in [5, 5.41) is 2.46.